The highest BCUT2D eigenvalue weighted by Gasteiger charge is 2.41. The molecule has 15 nitrogen and oxygen atoms in total. The first kappa shape index (κ1) is 64.9. The average molecular weight is 1280 g/mol. The van der Waals surface area contributed by atoms with Gasteiger partial charge in [-0.05, 0) is 181 Å². The quantitative estimate of drug-likeness (QED) is 0.0453. The molecule has 6 aliphatic rings. The van der Waals surface area contributed by atoms with E-state index in [0.29, 0.717) is 29.5 Å². The van der Waals surface area contributed by atoms with Gasteiger partial charge in [-0.2, -0.15) is 5.26 Å². The highest BCUT2D eigenvalue weighted by Crippen LogP contribution is 2.41. The molecule has 16 heteroatoms. The predicted molar refractivity (Wildman–Crippen MR) is 372 cm³/mol. The number of hydrogen-bond acceptors (Lipinski definition) is 12. The minimum absolute atomic E-state index is 0.0796. The van der Waals surface area contributed by atoms with E-state index in [2.05, 4.69) is 88.6 Å². The van der Waals surface area contributed by atoms with E-state index in [4.69, 9.17) is 24.2 Å². The van der Waals surface area contributed by atoms with Crippen LogP contribution >= 0.6 is 0 Å². The van der Waals surface area contributed by atoms with E-state index in [1.807, 2.05) is 72.9 Å². The largest absolute Gasteiger partial charge is 0.495 e. The number of hydrogen-bond donors (Lipinski definition) is 1. The molecule has 2 atom stereocenters. The lowest BCUT2D eigenvalue weighted by Crippen LogP contribution is -2.46. The van der Waals surface area contributed by atoms with Gasteiger partial charge in [0.25, 0.3) is 0 Å². The lowest BCUT2D eigenvalue weighted by atomic mass is 9.99. The highest BCUT2D eigenvalue weighted by molar-refractivity contribution is 6.12. The van der Waals surface area contributed by atoms with Crippen molar-refractivity contribution in [3.8, 4) is 29.1 Å². The van der Waals surface area contributed by atoms with E-state index < -0.39 is 0 Å². The molecule has 2 bridgehead atoms. The van der Waals surface area contributed by atoms with Gasteiger partial charge in [-0.25, -0.2) is 4.39 Å². The van der Waals surface area contributed by atoms with Crippen molar-refractivity contribution in [3.63, 3.8) is 0 Å². The summed E-state index contributed by atoms with van der Waals surface area (Å²) in [7, 11) is 5.07. The minimum Gasteiger partial charge on any atom is -0.495 e. The lowest BCUT2D eigenvalue weighted by molar-refractivity contribution is 0.0481. The molecule has 15 rings (SSSR count). The van der Waals surface area contributed by atoms with Gasteiger partial charge in [0.05, 0.1) is 49.5 Å². The maximum Gasteiger partial charge on any atom is 0.168 e. The molecular formula is C79H89FN8O7. The molecule has 0 spiro atoms. The van der Waals surface area contributed by atoms with Crippen molar-refractivity contribution in [2.45, 2.75) is 134 Å². The first-order valence-electron chi connectivity index (χ1n) is 34.5. The fraction of sp³-hybridized carbons (Fsp3) is 0.418. The lowest BCUT2D eigenvalue weighted by Gasteiger charge is -2.39. The number of nitriles is 1. The molecule has 1 N–H and O–H groups in total. The monoisotopic (exact) mass is 1280 g/mol. The number of ether oxygens (including phenoxy) is 4. The molecule has 3 aliphatic heterocycles. The van der Waals surface area contributed by atoms with Crippen LogP contribution in [0.1, 0.15) is 125 Å². The Bertz CT molecular complexity index is 4190. The molecular weight excluding hydrogens is 1190 g/mol. The second kappa shape index (κ2) is 29.5. The predicted octanol–water partition coefficient (Wildman–Crippen LogP) is 14.2. The molecule has 0 radical (unpaired) electrons. The molecule has 494 valence electrons. The molecule has 6 heterocycles. The van der Waals surface area contributed by atoms with E-state index in [1.165, 1.54) is 41.8 Å². The van der Waals surface area contributed by atoms with Crippen LogP contribution < -0.4 is 29.2 Å². The summed E-state index contributed by atoms with van der Waals surface area (Å²) in [6.45, 7) is 11.3. The second-order valence-electron chi connectivity index (χ2n) is 26.8. The number of nitrogens with one attached hydrogen (secondary N) is 1. The van der Waals surface area contributed by atoms with Gasteiger partial charge in [-0.15, -0.1) is 0 Å². The first-order valence-corrected chi connectivity index (χ1v) is 34.5. The number of para-hydroxylation sites is 3. The summed E-state index contributed by atoms with van der Waals surface area (Å²) >= 11 is 0. The standard InChI is InChI=1S/C29H33FN2O3.C25H28N4O2.C25H28N2O2/c1-34-27-5-2-4-25-26(29(33)19-6-7-19)18-31(28(25)27)14-3-15-32-21-10-11-22(32)17-24(16-21)35-23-12-8-20(30)9-13-23;1-19(30)23-18-29(25-22(23)5-3-6-24(25)31-2)12-4-11-27-13-15-28(16-14-27)21-9-7-20(17-26)8-10-21;1-29-23-9-4-8-21-22(25(28)17-10-11-17)16-27(24(21)23)13-5-12-26-20-14-18-6-2-3-7-19(18)15-20/h2,4-5,8-9,12-13,18-19,21-22,24H,3,6-7,10-11,14-17H2,1H3;3,5-10,18H,4,11-16H2,1-2H3;2-4,6-9,16-17,20,26H,5,10-15H2,1H3. The van der Waals surface area contributed by atoms with Crippen LogP contribution in [0.5, 0.6) is 23.0 Å². The summed E-state index contributed by atoms with van der Waals surface area (Å²) in [5.74, 6) is 4.09. The van der Waals surface area contributed by atoms with Gasteiger partial charge >= 0.3 is 0 Å². The summed E-state index contributed by atoms with van der Waals surface area (Å²) in [5, 5.41) is 15.7. The number of methoxy groups -OCH3 is 3. The molecule has 3 aromatic heterocycles. The van der Waals surface area contributed by atoms with Gasteiger partial charge in [-0.1, -0.05) is 60.7 Å². The Morgan fingerprint density at radius 1 is 0.547 bits per heavy atom. The number of Topliss-reactive ketones (excluding diaryl/α,β-unsaturated/α-hetero) is 3. The van der Waals surface area contributed by atoms with Crippen molar-refractivity contribution >= 4 is 55.7 Å². The van der Waals surface area contributed by atoms with Crippen molar-refractivity contribution in [3.05, 3.63) is 185 Å². The number of anilines is 1. The van der Waals surface area contributed by atoms with Gasteiger partial charge in [-0.3, -0.25) is 24.2 Å². The summed E-state index contributed by atoms with van der Waals surface area (Å²) in [4.78, 5) is 45.3. The molecule has 2 unspecified atom stereocenters. The molecule has 3 saturated heterocycles. The van der Waals surface area contributed by atoms with E-state index >= 15 is 0 Å². The third kappa shape index (κ3) is 14.7. The third-order valence-electron chi connectivity index (χ3n) is 20.5. The van der Waals surface area contributed by atoms with Gasteiger partial charge < -0.3 is 42.9 Å². The van der Waals surface area contributed by atoms with Gasteiger partial charge in [0, 0.05) is 139 Å². The van der Waals surface area contributed by atoms with E-state index in [-0.39, 0.29) is 35.3 Å². The van der Waals surface area contributed by atoms with Crippen LogP contribution in [-0.4, -0.2) is 132 Å². The van der Waals surface area contributed by atoms with Crippen LogP contribution in [0.2, 0.25) is 0 Å². The fourth-order valence-corrected chi connectivity index (χ4v) is 15.3. The van der Waals surface area contributed by atoms with Crippen molar-refractivity contribution in [2.24, 2.45) is 11.8 Å². The van der Waals surface area contributed by atoms with Crippen molar-refractivity contribution in [1.82, 2.24) is 28.8 Å². The fourth-order valence-electron chi connectivity index (χ4n) is 15.3. The molecule has 9 aromatic rings. The van der Waals surface area contributed by atoms with E-state index in [1.54, 1.807) is 40.4 Å². The summed E-state index contributed by atoms with van der Waals surface area (Å²) in [6.07, 6.45) is 20.1. The zero-order valence-electron chi connectivity index (χ0n) is 55.5. The zero-order chi connectivity index (χ0) is 65.5. The number of nitrogens with zero attached hydrogens (tertiary/aromatic N) is 7. The number of carbonyl (C=O) groups is 3. The topological polar surface area (TPSA) is 148 Å². The van der Waals surface area contributed by atoms with Crippen LogP contribution in [0.4, 0.5) is 10.1 Å². The van der Waals surface area contributed by atoms with E-state index in [9.17, 15) is 18.8 Å². The minimum atomic E-state index is -0.232. The van der Waals surface area contributed by atoms with Crippen molar-refractivity contribution in [1.29, 1.82) is 5.26 Å². The molecule has 5 fully saturated rings. The number of fused-ring (bicyclic) bond motifs is 6. The average Bonchev–Trinajstić information content (AvgIpc) is 1.64. The number of aromatic nitrogens is 3. The van der Waals surface area contributed by atoms with Gasteiger partial charge in [0.15, 0.2) is 17.3 Å². The van der Waals surface area contributed by atoms with Crippen LogP contribution in [-0.2, 0) is 32.5 Å². The first-order chi connectivity index (χ1) is 46.4. The number of rotatable bonds is 24. The van der Waals surface area contributed by atoms with Crippen molar-refractivity contribution in [2.75, 3.05) is 72.0 Å². The van der Waals surface area contributed by atoms with Crippen LogP contribution in [0.15, 0.2) is 146 Å². The summed E-state index contributed by atoms with van der Waals surface area (Å²) < 4.78 is 42.9. The van der Waals surface area contributed by atoms with Crippen LogP contribution in [0.3, 0.4) is 0 Å². The van der Waals surface area contributed by atoms with Gasteiger partial charge in [0.2, 0.25) is 0 Å². The summed E-state index contributed by atoms with van der Waals surface area (Å²) in [5.41, 5.74) is 10.4. The zero-order valence-corrected chi connectivity index (χ0v) is 55.5. The number of piperazine rings is 1. The second-order valence-corrected chi connectivity index (χ2v) is 26.8. The van der Waals surface area contributed by atoms with Gasteiger partial charge in [0.1, 0.15) is 34.9 Å². The highest BCUT2D eigenvalue weighted by atomic mass is 19.1. The molecule has 3 aliphatic carbocycles. The maximum absolute atomic E-state index is 13.2. The summed E-state index contributed by atoms with van der Waals surface area (Å²) in [6, 6.07) is 44.7. The SMILES string of the molecule is COc1cccc2c(C(=O)C3CC3)cn(CCCN3C4CCC3CC(Oc3ccc(F)cc3)C4)c12.COc1cccc2c(C(=O)C3CC3)cn(CCCNC3Cc4ccccc4C3)c12.COc1cccc2c(C(C)=O)cn(CCCN3CCN(c4ccc(C#N)cc4)CC3)c12. The number of ketones is 3. The van der Waals surface area contributed by atoms with Crippen LogP contribution in [0.25, 0.3) is 32.7 Å². The third-order valence-corrected chi connectivity index (χ3v) is 20.5. The smallest absolute Gasteiger partial charge is 0.168 e. The molecule has 6 aromatic carbocycles. The Morgan fingerprint density at radius 3 is 1.52 bits per heavy atom. The normalized spacial score (nSPS) is 18.6. The van der Waals surface area contributed by atoms with E-state index in [0.717, 1.165) is 208 Å². The Morgan fingerprint density at radius 2 is 1.03 bits per heavy atom. The van der Waals surface area contributed by atoms with Crippen LogP contribution in [0, 0.1) is 29.0 Å². The Balaban J connectivity index is 0.000000130. The molecule has 95 heavy (non-hydrogen) atoms. The number of carbonyl (C=O) groups excluding carboxylic acids is 3. The van der Waals surface area contributed by atoms with Crippen molar-refractivity contribution < 1.29 is 37.7 Å². The number of piperidine rings is 1. The molecule has 2 saturated carbocycles. The Kier molecular flexibility index (Phi) is 20.2. The number of aryl methyl sites for hydroxylation is 3. The number of halogens is 1. The Labute approximate surface area is 557 Å². The number of benzene rings is 6. The maximum atomic E-state index is 13.2. The molecule has 0 amide bonds. The Hall–Kier alpha value is -8.75.